The zero-order chi connectivity index (χ0) is 13.4. The van der Waals surface area contributed by atoms with Crippen molar-refractivity contribution in [3.8, 4) is 0 Å². The fourth-order valence-electron chi connectivity index (χ4n) is 2.03. The summed E-state index contributed by atoms with van der Waals surface area (Å²) in [7, 11) is 0. The Kier molecular flexibility index (Phi) is 3.35. The molecule has 4 unspecified atom stereocenters. The number of rotatable bonds is 3. The Morgan fingerprint density at radius 3 is 2.67 bits per heavy atom. The first-order valence-electron chi connectivity index (χ1n) is 5.43. The first-order valence-corrected chi connectivity index (χ1v) is 5.43. The Balaban J connectivity index is 2.30. The highest BCUT2D eigenvalue weighted by Gasteiger charge is 2.43. The van der Waals surface area contributed by atoms with E-state index in [0.29, 0.717) is 5.69 Å². The van der Waals surface area contributed by atoms with Crippen molar-refractivity contribution < 1.29 is 24.9 Å². The molecule has 18 heavy (non-hydrogen) atoms. The predicted molar refractivity (Wildman–Crippen MR) is 58.5 cm³/mol. The molecule has 0 radical (unpaired) electrons. The first-order chi connectivity index (χ1) is 8.47. The van der Waals surface area contributed by atoms with E-state index in [1.807, 2.05) is 0 Å². The van der Waals surface area contributed by atoms with E-state index >= 15 is 0 Å². The van der Waals surface area contributed by atoms with E-state index in [4.69, 9.17) is 15.6 Å². The lowest BCUT2D eigenvalue weighted by Crippen LogP contribution is -2.33. The molecule has 0 saturated carbocycles. The topological polar surface area (TPSA) is 131 Å². The van der Waals surface area contributed by atoms with Crippen molar-refractivity contribution in [2.75, 3.05) is 6.61 Å². The molecule has 0 spiro atoms. The summed E-state index contributed by atoms with van der Waals surface area (Å²) in [6, 6.07) is 0. The van der Waals surface area contributed by atoms with Gasteiger partial charge in [-0.15, -0.1) is 0 Å². The van der Waals surface area contributed by atoms with Crippen LogP contribution in [0, 0.1) is 6.92 Å². The molecule has 1 amide bonds. The molecule has 0 bridgehead atoms. The van der Waals surface area contributed by atoms with Crippen LogP contribution in [0.5, 0.6) is 0 Å². The maximum absolute atomic E-state index is 11.1. The number of aliphatic hydroxyl groups excluding tert-OH is 3. The van der Waals surface area contributed by atoms with Gasteiger partial charge in [-0.05, 0) is 6.92 Å². The van der Waals surface area contributed by atoms with Crippen LogP contribution < -0.4 is 5.73 Å². The molecule has 1 aromatic heterocycles. The third-order valence-electron chi connectivity index (χ3n) is 3.07. The molecule has 0 aromatic carbocycles. The number of carbonyl (C=O) groups excluding carboxylic acids is 1. The lowest BCUT2D eigenvalue weighted by atomic mass is 10.1. The van der Waals surface area contributed by atoms with Crippen LogP contribution in [0.15, 0.2) is 6.33 Å². The molecule has 1 aromatic rings. The number of nitrogens with two attached hydrogens (primary N) is 1. The first kappa shape index (κ1) is 13.0. The van der Waals surface area contributed by atoms with Crippen LogP contribution in [0.3, 0.4) is 0 Å². The number of amides is 1. The smallest absolute Gasteiger partial charge is 0.269 e. The number of aliphatic hydroxyl groups is 3. The van der Waals surface area contributed by atoms with E-state index in [1.54, 1.807) is 6.92 Å². The molecule has 8 heteroatoms. The van der Waals surface area contributed by atoms with Gasteiger partial charge in [0.25, 0.3) is 5.91 Å². The Labute approximate surface area is 103 Å². The lowest BCUT2D eigenvalue weighted by Gasteiger charge is -2.17. The Bertz CT molecular complexity index is 460. The molecule has 2 rings (SSSR count). The number of ether oxygens (including phenoxy) is 1. The SMILES string of the molecule is Cc1c(C(N)=O)ncn1C1OC(CO)C(O)C1O. The molecular weight excluding hydrogens is 242 g/mol. The highest BCUT2D eigenvalue weighted by Crippen LogP contribution is 2.30. The van der Waals surface area contributed by atoms with Gasteiger partial charge in [0.2, 0.25) is 0 Å². The highest BCUT2D eigenvalue weighted by molar-refractivity contribution is 5.91. The zero-order valence-corrected chi connectivity index (χ0v) is 9.72. The van der Waals surface area contributed by atoms with E-state index in [0.717, 1.165) is 0 Å². The maximum Gasteiger partial charge on any atom is 0.269 e. The van der Waals surface area contributed by atoms with Crippen LogP contribution in [0.2, 0.25) is 0 Å². The van der Waals surface area contributed by atoms with Crippen molar-refractivity contribution in [1.29, 1.82) is 0 Å². The summed E-state index contributed by atoms with van der Waals surface area (Å²) in [6.07, 6.45) is -2.88. The molecule has 2 heterocycles. The van der Waals surface area contributed by atoms with Crippen molar-refractivity contribution in [3.63, 3.8) is 0 Å². The second kappa shape index (κ2) is 4.65. The zero-order valence-electron chi connectivity index (χ0n) is 9.72. The number of aromatic nitrogens is 2. The van der Waals surface area contributed by atoms with E-state index in [9.17, 15) is 15.0 Å². The average molecular weight is 257 g/mol. The normalized spacial score (nSPS) is 31.8. The molecule has 8 nitrogen and oxygen atoms in total. The van der Waals surface area contributed by atoms with Gasteiger partial charge in [-0.3, -0.25) is 4.79 Å². The second-order valence-electron chi connectivity index (χ2n) is 4.18. The van der Waals surface area contributed by atoms with Crippen LogP contribution in [-0.4, -0.2) is 55.7 Å². The summed E-state index contributed by atoms with van der Waals surface area (Å²) in [5.74, 6) is -0.682. The van der Waals surface area contributed by atoms with Crippen molar-refractivity contribution in [1.82, 2.24) is 9.55 Å². The Morgan fingerprint density at radius 2 is 2.22 bits per heavy atom. The second-order valence-corrected chi connectivity index (χ2v) is 4.18. The fourth-order valence-corrected chi connectivity index (χ4v) is 2.03. The molecule has 1 aliphatic rings. The molecular formula is C10H15N3O5. The van der Waals surface area contributed by atoms with E-state index in [1.165, 1.54) is 10.9 Å². The number of nitrogens with zero attached hydrogens (tertiary/aromatic N) is 2. The minimum absolute atomic E-state index is 0.0766. The number of imidazole rings is 1. The molecule has 1 fully saturated rings. The fraction of sp³-hybridized carbons (Fsp3) is 0.600. The molecule has 1 saturated heterocycles. The van der Waals surface area contributed by atoms with Crippen molar-refractivity contribution in [2.45, 2.75) is 31.5 Å². The summed E-state index contributed by atoms with van der Waals surface area (Å²) in [4.78, 5) is 14.9. The van der Waals surface area contributed by atoms with Crippen LogP contribution >= 0.6 is 0 Å². The molecule has 4 atom stereocenters. The monoisotopic (exact) mass is 257 g/mol. The van der Waals surface area contributed by atoms with Gasteiger partial charge in [-0.25, -0.2) is 4.98 Å². The summed E-state index contributed by atoms with van der Waals surface area (Å²) in [5.41, 5.74) is 5.64. The maximum atomic E-state index is 11.1. The summed E-state index contributed by atoms with van der Waals surface area (Å²) >= 11 is 0. The van der Waals surface area contributed by atoms with Gasteiger partial charge in [-0.2, -0.15) is 0 Å². The third-order valence-corrected chi connectivity index (χ3v) is 3.07. The van der Waals surface area contributed by atoms with Gasteiger partial charge >= 0.3 is 0 Å². The number of hydrogen-bond donors (Lipinski definition) is 4. The minimum atomic E-state index is -1.21. The van der Waals surface area contributed by atoms with Crippen LogP contribution in [0.25, 0.3) is 0 Å². The summed E-state index contributed by atoms with van der Waals surface area (Å²) in [5, 5.41) is 28.5. The van der Waals surface area contributed by atoms with Gasteiger partial charge in [0.05, 0.1) is 12.9 Å². The summed E-state index contributed by atoms with van der Waals surface area (Å²) < 4.78 is 6.72. The Morgan fingerprint density at radius 1 is 1.56 bits per heavy atom. The van der Waals surface area contributed by atoms with Crippen LogP contribution in [0.4, 0.5) is 0 Å². The lowest BCUT2D eigenvalue weighted by molar-refractivity contribution is -0.0536. The average Bonchev–Trinajstić information content (AvgIpc) is 2.82. The van der Waals surface area contributed by atoms with Crippen LogP contribution in [0.1, 0.15) is 22.4 Å². The molecule has 1 aliphatic heterocycles. The number of hydrogen-bond acceptors (Lipinski definition) is 6. The van der Waals surface area contributed by atoms with Gasteiger partial charge < -0.3 is 30.4 Å². The van der Waals surface area contributed by atoms with Crippen molar-refractivity contribution >= 4 is 5.91 Å². The Hall–Kier alpha value is -1.48. The van der Waals surface area contributed by atoms with Gasteiger partial charge in [-0.1, -0.05) is 0 Å². The van der Waals surface area contributed by atoms with Gasteiger partial charge in [0.15, 0.2) is 6.23 Å². The standard InChI is InChI=1S/C10H15N3O5/c1-4-6(9(11)17)12-3-13(4)10-8(16)7(15)5(2-14)18-10/h3,5,7-8,10,14-16H,2H2,1H3,(H2,11,17). The molecule has 100 valence electrons. The molecule has 0 aliphatic carbocycles. The predicted octanol–water partition coefficient (Wildman–Crippen LogP) is -2.10. The van der Waals surface area contributed by atoms with E-state index in [-0.39, 0.29) is 5.69 Å². The van der Waals surface area contributed by atoms with Gasteiger partial charge in [0.1, 0.15) is 24.0 Å². The third kappa shape index (κ3) is 1.89. The van der Waals surface area contributed by atoms with Crippen molar-refractivity contribution in [3.05, 3.63) is 17.7 Å². The highest BCUT2D eigenvalue weighted by atomic mass is 16.6. The largest absolute Gasteiger partial charge is 0.394 e. The number of primary amides is 1. The van der Waals surface area contributed by atoms with E-state index < -0.39 is 37.1 Å². The van der Waals surface area contributed by atoms with Crippen LogP contribution in [-0.2, 0) is 4.74 Å². The summed E-state index contributed by atoms with van der Waals surface area (Å²) in [6.45, 7) is 1.19. The van der Waals surface area contributed by atoms with Crippen molar-refractivity contribution in [2.24, 2.45) is 5.73 Å². The van der Waals surface area contributed by atoms with E-state index in [2.05, 4.69) is 4.98 Å². The molecule has 5 N–H and O–H groups in total. The van der Waals surface area contributed by atoms with Gasteiger partial charge in [0, 0.05) is 5.69 Å². The quantitative estimate of drug-likeness (QED) is 0.490. The minimum Gasteiger partial charge on any atom is -0.394 e. The number of carbonyl (C=O) groups is 1.